The highest BCUT2D eigenvalue weighted by Crippen LogP contribution is 2.31. The molecule has 0 unspecified atom stereocenters. The van der Waals surface area contributed by atoms with Crippen molar-refractivity contribution < 1.29 is 4.74 Å². The largest absolute Gasteiger partial charge is 0.477 e. The van der Waals surface area contributed by atoms with Crippen LogP contribution in [0.4, 0.5) is 0 Å². The Morgan fingerprint density at radius 1 is 0.679 bits per heavy atom. The molecule has 2 aromatic carbocycles. The van der Waals surface area contributed by atoms with Crippen LogP contribution in [0.1, 0.15) is 51.9 Å². The Balaban J connectivity index is 1.65. The summed E-state index contributed by atoms with van der Waals surface area (Å²) in [6.45, 7) is 2.95. The summed E-state index contributed by atoms with van der Waals surface area (Å²) in [4.78, 5) is 0. The molecule has 0 fully saturated rings. The van der Waals surface area contributed by atoms with Crippen LogP contribution in [0, 0.1) is 0 Å². The summed E-state index contributed by atoms with van der Waals surface area (Å²) < 4.78 is 5.91. The summed E-state index contributed by atoms with van der Waals surface area (Å²) in [6, 6.07) is 22.5. The first-order chi connectivity index (χ1) is 13.9. The molecule has 0 saturated heterocycles. The Morgan fingerprint density at radius 2 is 1.29 bits per heavy atom. The van der Waals surface area contributed by atoms with Crippen LogP contribution < -0.4 is 4.74 Å². The maximum Gasteiger partial charge on any atom is 0.234 e. The van der Waals surface area contributed by atoms with Gasteiger partial charge in [0.1, 0.15) is 5.69 Å². The van der Waals surface area contributed by atoms with Crippen molar-refractivity contribution in [1.29, 1.82) is 0 Å². The van der Waals surface area contributed by atoms with E-state index in [0.717, 1.165) is 28.8 Å². The van der Waals surface area contributed by atoms with E-state index in [2.05, 4.69) is 41.4 Å². The first-order valence-electron chi connectivity index (χ1n) is 10.5. The van der Waals surface area contributed by atoms with Crippen LogP contribution in [0.2, 0.25) is 0 Å². The predicted molar refractivity (Wildman–Crippen MR) is 116 cm³/mol. The zero-order valence-corrected chi connectivity index (χ0v) is 16.8. The van der Waals surface area contributed by atoms with Gasteiger partial charge in [0.05, 0.1) is 6.61 Å². The van der Waals surface area contributed by atoms with Gasteiger partial charge in [-0.05, 0) is 12.0 Å². The molecule has 3 heteroatoms. The number of aromatic nitrogens is 2. The fourth-order valence-electron chi connectivity index (χ4n) is 3.33. The van der Waals surface area contributed by atoms with Crippen molar-refractivity contribution in [2.75, 3.05) is 6.61 Å². The minimum atomic E-state index is 0.601. The molecule has 0 saturated carbocycles. The molecule has 3 rings (SSSR count). The zero-order chi connectivity index (χ0) is 19.4. The number of unbranched alkanes of at least 4 members (excludes halogenated alkanes) is 6. The summed E-state index contributed by atoms with van der Waals surface area (Å²) in [5.74, 6) is 0.601. The minimum absolute atomic E-state index is 0.601. The van der Waals surface area contributed by atoms with Gasteiger partial charge in [0, 0.05) is 17.2 Å². The van der Waals surface area contributed by atoms with Gasteiger partial charge in [-0.25, -0.2) is 0 Å². The van der Waals surface area contributed by atoms with Crippen LogP contribution in [0.15, 0.2) is 66.7 Å². The van der Waals surface area contributed by atoms with Crippen LogP contribution in [-0.4, -0.2) is 16.8 Å². The molecule has 1 heterocycles. The SMILES string of the molecule is CCCCCCCCCOc1cc(-c2ccccc2)c(-c2ccccc2)nn1. The lowest BCUT2D eigenvalue weighted by molar-refractivity contribution is 0.290. The maximum atomic E-state index is 5.91. The minimum Gasteiger partial charge on any atom is -0.477 e. The highest BCUT2D eigenvalue weighted by atomic mass is 16.5. The molecule has 0 spiro atoms. The van der Waals surface area contributed by atoms with Crippen molar-refractivity contribution in [1.82, 2.24) is 10.2 Å². The molecule has 0 amide bonds. The number of rotatable bonds is 11. The average molecular weight is 375 g/mol. The first kappa shape index (κ1) is 20.1. The summed E-state index contributed by atoms with van der Waals surface area (Å²) in [5.41, 5.74) is 4.12. The highest BCUT2D eigenvalue weighted by molar-refractivity contribution is 5.80. The van der Waals surface area contributed by atoms with Gasteiger partial charge in [0.2, 0.25) is 5.88 Å². The second kappa shape index (κ2) is 11.2. The molecule has 0 aliphatic carbocycles. The van der Waals surface area contributed by atoms with Crippen LogP contribution >= 0.6 is 0 Å². The molecule has 0 aliphatic heterocycles. The quantitative estimate of drug-likeness (QED) is 0.341. The normalized spacial score (nSPS) is 10.8. The van der Waals surface area contributed by atoms with Gasteiger partial charge in [0.25, 0.3) is 0 Å². The average Bonchev–Trinajstić information content (AvgIpc) is 2.77. The summed E-state index contributed by atoms with van der Waals surface area (Å²) in [7, 11) is 0. The predicted octanol–water partition coefficient (Wildman–Crippen LogP) is 6.94. The first-order valence-corrected chi connectivity index (χ1v) is 10.5. The fourth-order valence-corrected chi connectivity index (χ4v) is 3.33. The van der Waals surface area contributed by atoms with Crippen molar-refractivity contribution in [2.45, 2.75) is 51.9 Å². The number of benzene rings is 2. The van der Waals surface area contributed by atoms with Crippen LogP contribution in [0.5, 0.6) is 5.88 Å². The van der Waals surface area contributed by atoms with E-state index in [0.29, 0.717) is 12.5 Å². The van der Waals surface area contributed by atoms with Crippen molar-refractivity contribution in [3.8, 4) is 28.3 Å². The van der Waals surface area contributed by atoms with Gasteiger partial charge < -0.3 is 4.74 Å². The molecule has 3 aromatic rings. The third-order valence-electron chi connectivity index (χ3n) is 4.90. The Morgan fingerprint density at radius 3 is 1.96 bits per heavy atom. The fraction of sp³-hybridized carbons (Fsp3) is 0.360. The van der Waals surface area contributed by atoms with Crippen LogP contribution in [0.25, 0.3) is 22.4 Å². The van der Waals surface area contributed by atoms with E-state index >= 15 is 0 Å². The highest BCUT2D eigenvalue weighted by Gasteiger charge is 2.12. The molecule has 3 nitrogen and oxygen atoms in total. The maximum absolute atomic E-state index is 5.91. The molecular formula is C25H30N2O. The number of hydrogen-bond donors (Lipinski definition) is 0. The topological polar surface area (TPSA) is 35.0 Å². The molecule has 28 heavy (non-hydrogen) atoms. The molecule has 0 radical (unpaired) electrons. The van der Waals surface area contributed by atoms with Gasteiger partial charge in [-0.1, -0.05) is 106 Å². The van der Waals surface area contributed by atoms with Crippen LogP contribution in [0.3, 0.4) is 0 Å². The van der Waals surface area contributed by atoms with Crippen molar-refractivity contribution >= 4 is 0 Å². The zero-order valence-electron chi connectivity index (χ0n) is 16.8. The van der Waals surface area contributed by atoms with Crippen molar-refractivity contribution in [3.63, 3.8) is 0 Å². The Kier molecular flexibility index (Phi) is 8.05. The third-order valence-corrected chi connectivity index (χ3v) is 4.90. The molecule has 146 valence electrons. The standard InChI is InChI=1S/C25H30N2O/c1-2-3-4-5-6-7-14-19-28-24-20-23(21-15-10-8-11-16-21)25(27-26-24)22-17-12-9-13-18-22/h8-13,15-18,20H,2-7,14,19H2,1H3. The summed E-state index contributed by atoms with van der Waals surface area (Å²) in [5, 5.41) is 8.83. The molecule has 0 N–H and O–H groups in total. The van der Waals surface area contributed by atoms with Gasteiger partial charge in [-0.3, -0.25) is 0 Å². The smallest absolute Gasteiger partial charge is 0.234 e. The third kappa shape index (κ3) is 5.91. The van der Waals surface area contributed by atoms with Gasteiger partial charge in [-0.15, -0.1) is 10.2 Å². The summed E-state index contributed by atoms with van der Waals surface area (Å²) in [6.07, 6.45) is 8.89. The number of nitrogens with zero attached hydrogens (tertiary/aromatic N) is 2. The van der Waals surface area contributed by atoms with E-state index in [1.54, 1.807) is 0 Å². The molecule has 1 aromatic heterocycles. The lowest BCUT2D eigenvalue weighted by Gasteiger charge is -2.11. The second-order valence-electron chi connectivity index (χ2n) is 7.15. The Labute approximate surface area is 168 Å². The van der Waals surface area contributed by atoms with Crippen molar-refractivity contribution in [3.05, 3.63) is 66.7 Å². The molecule has 0 atom stereocenters. The Hall–Kier alpha value is -2.68. The molecule has 0 bridgehead atoms. The lowest BCUT2D eigenvalue weighted by atomic mass is 10.0. The van der Waals surface area contributed by atoms with Gasteiger partial charge in [-0.2, -0.15) is 0 Å². The van der Waals surface area contributed by atoms with E-state index in [-0.39, 0.29) is 0 Å². The molecule has 0 aliphatic rings. The monoisotopic (exact) mass is 374 g/mol. The van der Waals surface area contributed by atoms with E-state index in [4.69, 9.17) is 4.74 Å². The second-order valence-corrected chi connectivity index (χ2v) is 7.15. The van der Waals surface area contributed by atoms with Crippen LogP contribution in [-0.2, 0) is 0 Å². The number of hydrogen-bond acceptors (Lipinski definition) is 3. The molecular weight excluding hydrogens is 344 g/mol. The van der Waals surface area contributed by atoms with E-state index < -0.39 is 0 Å². The summed E-state index contributed by atoms with van der Waals surface area (Å²) >= 11 is 0. The van der Waals surface area contributed by atoms with E-state index in [1.165, 1.54) is 38.5 Å². The van der Waals surface area contributed by atoms with Crippen molar-refractivity contribution in [2.24, 2.45) is 0 Å². The number of ether oxygens (including phenoxy) is 1. The van der Waals surface area contributed by atoms with E-state index in [1.807, 2.05) is 42.5 Å². The Bertz CT molecular complexity index is 818. The van der Waals surface area contributed by atoms with Gasteiger partial charge in [0.15, 0.2) is 0 Å². The van der Waals surface area contributed by atoms with Gasteiger partial charge >= 0.3 is 0 Å². The van der Waals surface area contributed by atoms with E-state index in [9.17, 15) is 0 Å². The lowest BCUT2D eigenvalue weighted by Crippen LogP contribution is -2.02.